The van der Waals surface area contributed by atoms with Crippen molar-refractivity contribution in [2.75, 3.05) is 31.6 Å². The van der Waals surface area contributed by atoms with Crippen molar-refractivity contribution in [2.24, 2.45) is 5.92 Å². The van der Waals surface area contributed by atoms with Gasteiger partial charge in [0.05, 0.1) is 0 Å². The Kier molecular flexibility index (Phi) is 7.56. The number of piperazine rings is 1. The highest BCUT2D eigenvalue weighted by atomic mass is 32.2. The first-order valence-corrected chi connectivity index (χ1v) is 8.53. The summed E-state index contributed by atoms with van der Waals surface area (Å²) in [6.45, 7) is 10.7. The lowest BCUT2D eigenvalue weighted by atomic mass is 9.98. The minimum absolute atomic E-state index is 0.727. The highest BCUT2D eigenvalue weighted by molar-refractivity contribution is 7.98. The summed E-state index contributed by atoms with van der Waals surface area (Å²) >= 11 is 1.97. The van der Waals surface area contributed by atoms with E-state index in [1.54, 1.807) is 0 Å². The molecular formula is C14H30N2S. The SMILES string of the molecule is CCCC1CN(CCSC)C(CC(C)C)CN1. The Balaban J connectivity index is 2.46. The topological polar surface area (TPSA) is 15.3 Å². The predicted molar refractivity (Wildman–Crippen MR) is 79.9 cm³/mol. The molecule has 102 valence electrons. The first-order valence-electron chi connectivity index (χ1n) is 7.13. The summed E-state index contributed by atoms with van der Waals surface area (Å²) in [4.78, 5) is 2.73. The number of nitrogens with zero attached hydrogens (tertiary/aromatic N) is 1. The molecule has 0 spiro atoms. The van der Waals surface area contributed by atoms with Gasteiger partial charge in [0.2, 0.25) is 0 Å². The third kappa shape index (κ3) is 5.62. The normalized spacial score (nSPS) is 26.6. The lowest BCUT2D eigenvalue weighted by Gasteiger charge is -2.41. The molecule has 3 heteroatoms. The zero-order chi connectivity index (χ0) is 12.7. The van der Waals surface area contributed by atoms with E-state index < -0.39 is 0 Å². The van der Waals surface area contributed by atoms with E-state index >= 15 is 0 Å². The molecule has 0 saturated carbocycles. The molecule has 2 unspecified atom stereocenters. The molecule has 0 aromatic carbocycles. The van der Waals surface area contributed by atoms with Crippen molar-refractivity contribution in [3.8, 4) is 0 Å². The minimum atomic E-state index is 0.727. The number of hydrogen-bond donors (Lipinski definition) is 1. The minimum Gasteiger partial charge on any atom is -0.311 e. The Morgan fingerprint density at radius 2 is 2.18 bits per heavy atom. The lowest BCUT2D eigenvalue weighted by molar-refractivity contribution is 0.118. The molecule has 1 aliphatic rings. The fourth-order valence-electron chi connectivity index (χ4n) is 2.73. The molecule has 0 aromatic heterocycles. The first-order chi connectivity index (χ1) is 8.17. The zero-order valence-electron chi connectivity index (χ0n) is 12.0. The fraction of sp³-hybridized carbons (Fsp3) is 1.00. The van der Waals surface area contributed by atoms with Crippen LogP contribution in [0.2, 0.25) is 0 Å². The molecule has 0 bridgehead atoms. The Labute approximate surface area is 112 Å². The summed E-state index contributed by atoms with van der Waals surface area (Å²) in [5.41, 5.74) is 0. The van der Waals surface area contributed by atoms with Crippen LogP contribution in [0.5, 0.6) is 0 Å². The van der Waals surface area contributed by atoms with Gasteiger partial charge in [-0.2, -0.15) is 11.8 Å². The molecule has 1 saturated heterocycles. The van der Waals surface area contributed by atoms with Crippen LogP contribution in [0.25, 0.3) is 0 Å². The van der Waals surface area contributed by atoms with Crippen LogP contribution >= 0.6 is 11.8 Å². The molecule has 0 aliphatic carbocycles. The van der Waals surface area contributed by atoms with E-state index in [1.165, 1.54) is 44.6 Å². The molecule has 2 atom stereocenters. The molecule has 0 amide bonds. The van der Waals surface area contributed by atoms with Crippen LogP contribution in [0.3, 0.4) is 0 Å². The Morgan fingerprint density at radius 3 is 2.76 bits per heavy atom. The highest BCUT2D eigenvalue weighted by Gasteiger charge is 2.27. The van der Waals surface area contributed by atoms with Crippen LogP contribution < -0.4 is 5.32 Å². The van der Waals surface area contributed by atoms with Crippen LogP contribution in [-0.2, 0) is 0 Å². The van der Waals surface area contributed by atoms with E-state index in [0.29, 0.717) is 0 Å². The summed E-state index contributed by atoms with van der Waals surface area (Å²) in [6.07, 6.45) is 6.16. The van der Waals surface area contributed by atoms with Crippen LogP contribution in [0.15, 0.2) is 0 Å². The van der Waals surface area contributed by atoms with Gasteiger partial charge in [-0.1, -0.05) is 27.2 Å². The van der Waals surface area contributed by atoms with E-state index in [2.05, 4.69) is 37.2 Å². The van der Waals surface area contributed by atoms with Gasteiger partial charge in [0.25, 0.3) is 0 Å². The third-order valence-corrected chi connectivity index (χ3v) is 4.17. The standard InChI is InChI=1S/C14H30N2S/c1-5-6-13-11-16(7-8-17-4)14(10-15-13)9-12(2)3/h12-15H,5-11H2,1-4H3. The monoisotopic (exact) mass is 258 g/mol. The summed E-state index contributed by atoms with van der Waals surface area (Å²) in [6, 6.07) is 1.49. The summed E-state index contributed by atoms with van der Waals surface area (Å²) in [5, 5.41) is 3.73. The summed E-state index contributed by atoms with van der Waals surface area (Å²) in [5.74, 6) is 2.08. The van der Waals surface area contributed by atoms with Gasteiger partial charge in [-0.3, -0.25) is 4.90 Å². The molecule has 1 N–H and O–H groups in total. The van der Waals surface area contributed by atoms with Gasteiger partial charge in [0.1, 0.15) is 0 Å². The Morgan fingerprint density at radius 1 is 1.41 bits per heavy atom. The van der Waals surface area contributed by atoms with Crippen molar-refractivity contribution < 1.29 is 0 Å². The maximum atomic E-state index is 3.73. The molecule has 2 nitrogen and oxygen atoms in total. The molecular weight excluding hydrogens is 228 g/mol. The average molecular weight is 258 g/mol. The summed E-state index contributed by atoms with van der Waals surface area (Å²) < 4.78 is 0. The van der Waals surface area contributed by atoms with Gasteiger partial charge >= 0.3 is 0 Å². The molecule has 1 fully saturated rings. The molecule has 1 rings (SSSR count). The second kappa shape index (κ2) is 8.39. The van der Waals surface area contributed by atoms with Crippen LogP contribution in [0, 0.1) is 5.92 Å². The fourth-order valence-corrected chi connectivity index (χ4v) is 3.15. The van der Waals surface area contributed by atoms with E-state index in [0.717, 1.165) is 18.0 Å². The van der Waals surface area contributed by atoms with Gasteiger partial charge in [-0.15, -0.1) is 0 Å². The van der Waals surface area contributed by atoms with Gasteiger partial charge in [-0.25, -0.2) is 0 Å². The number of hydrogen-bond acceptors (Lipinski definition) is 3. The van der Waals surface area contributed by atoms with Crippen molar-refractivity contribution in [3.05, 3.63) is 0 Å². The smallest absolute Gasteiger partial charge is 0.0224 e. The molecule has 0 aromatic rings. The average Bonchev–Trinajstić information content (AvgIpc) is 2.29. The van der Waals surface area contributed by atoms with Crippen molar-refractivity contribution in [1.82, 2.24) is 10.2 Å². The van der Waals surface area contributed by atoms with Crippen LogP contribution in [0.4, 0.5) is 0 Å². The second-order valence-corrected chi connectivity index (χ2v) is 6.65. The predicted octanol–water partition coefficient (Wildman–Crippen LogP) is 2.84. The molecule has 1 aliphatic heterocycles. The van der Waals surface area contributed by atoms with E-state index in [1.807, 2.05) is 11.8 Å². The van der Waals surface area contributed by atoms with Gasteiger partial charge in [-0.05, 0) is 25.0 Å². The Bertz CT molecular complexity index is 197. The quantitative estimate of drug-likeness (QED) is 0.756. The molecule has 1 heterocycles. The summed E-state index contributed by atoms with van der Waals surface area (Å²) in [7, 11) is 0. The Hall–Kier alpha value is 0.270. The van der Waals surface area contributed by atoms with E-state index in [4.69, 9.17) is 0 Å². The van der Waals surface area contributed by atoms with Crippen LogP contribution in [0.1, 0.15) is 40.0 Å². The van der Waals surface area contributed by atoms with E-state index in [-0.39, 0.29) is 0 Å². The van der Waals surface area contributed by atoms with Gasteiger partial charge < -0.3 is 5.32 Å². The maximum Gasteiger partial charge on any atom is 0.0224 e. The zero-order valence-corrected chi connectivity index (χ0v) is 12.9. The van der Waals surface area contributed by atoms with Crippen molar-refractivity contribution in [3.63, 3.8) is 0 Å². The van der Waals surface area contributed by atoms with E-state index in [9.17, 15) is 0 Å². The first kappa shape index (κ1) is 15.3. The largest absolute Gasteiger partial charge is 0.311 e. The van der Waals surface area contributed by atoms with Gasteiger partial charge in [0.15, 0.2) is 0 Å². The number of rotatable bonds is 7. The molecule has 0 radical (unpaired) electrons. The van der Waals surface area contributed by atoms with Crippen molar-refractivity contribution in [1.29, 1.82) is 0 Å². The van der Waals surface area contributed by atoms with Gasteiger partial charge in [0, 0.05) is 37.5 Å². The number of thioether (sulfide) groups is 1. The maximum absolute atomic E-state index is 3.73. The van der Waals surface area contributed by atoms with Crippen molar-refractivity contribution in [2.45, 2.75) is 52.1 Å². The number of nitrogens with one attached hydrogen (secondary N) is 1. The second-order valence-electron chi connectivity index (χ2n) is 5.66. The highest BCUT2D eigenvalue weighted by Crippen LogP contribution is 2.17. The lowest BCUT2D eigenvalue weighted by Crippen LogP contribution is -2.57. The van der Waals surface area contributed by atoms with Crippen molar-refractivity contribution >= 4 is 11.8 Å². The third-order valence-electron chi connectivity index (χ3n) is 3.58. The molecule has 17 heavy (non-hydrogen) atoms. The van der Waals surface area contributed by atoms with Crippen LogP contribution in [-0.4, -0.2) is 48.6 Å².